The first-order chi connectivity index (χ1) is 8.59. The highest BCUT2D eigenvalue weighted by Gasteiger charge is 2.24. The molecule has 5 heteroatoms. The van der Waals surface area contributed by atoms with Crippen molar-refractivity contribution in [3.63, 3.8) is 0 Å². The number of pyridine rings is 1. The van der Waals surface area contributed by atoms with Gasteiger partial charge < -0.3 is 10.6 Å². The third-order valence-electron chi connectivity index (χ3n) is 3.43. The second kappa shape index (κ2) is 5.69. The Hall–Kier alpha value is -1.10. The van der Waals surface area contributed by atoms with E-state index in [1.165, 1.54) is 12.8 Å². The van der Waals surface area contributed by atoms with Crippen molar-refractivity contribution in [1.82, 2.24) is 9.88 Å². The van der Waals surface area contributed by atoms with Crippen LogP contribution in [0, 0.1) is 0 Å². The molecule has 1 atom stereocenters. The van der Waals surface area contributed by atoms with Gasteiger partial charge in [0.05, 0.1) is 5.56 Å². The number of anilines is 1. The number of aromatic nitrogens is 1. The van der Waals surface area contributed by atoms with E-state index in [1.807, 2.05) is 4.90 Å². The first kappa shape index (κ1) is 13.3. The normalized spacial score (nSPS) is 20.6. The second-order valence-corrected chi connectivity index (χ2v) is 5.70. The minimum absolute atomic E-state index is 0.00398. The van der Waals surface area contributed by atoms with Crippen LogP contribution in [0.1, 0.15) is 43.0 Å². The molecule has 1 saturated heterocycles. The first-order valence-electron chi connectivity index (χ1n) is 6.31. The van der Waals surface area contributed by atoms with E-state index >= 15 is 0 Å². The van der Waals surface area contributed by atoms with Crippen LogP contribution in [-0.4, -0.2) is 28.4 Å². The van der Waals surface area contributed by atoms with E-state index in [1.54, 1.807) is 12.3 Å². The Kier molecular flexibility index (Phi) is 4.22. The zero-order chi connectivity index (χ0) is 13.1. The van der Waals surface area contributed by atoms with Crippen LogP contribution >= 0.6 is 15.9 Å². The number of carbonyl (C=O) groups excluding carboxylic acids is 1. The van der Waals surface area contributed by atoms with E-state index in [4.69, 9.17) is 5.73 Å². The van der Waals surface area contributed by atoms with Crippen LogP contribution < -0.4 is 5.73 Å². The minimum atomic E-state index is -0.00398. The van der Waals surface area contributed by atoms with Gasteiger partial charge in [0.1, 0.15) is 5.82 Å². The lowest BCUT2D eigenvalue weighted by Gasteiger charge is -2.27. The van der Waals surface area contributed by atoms with Crippen molar-refractivity contribution in [2.24, 2.45) is 0 Å². The van der Waals surface area contributed by atoms with Crippen LogP contribution in [0.15, 0.2) is 16.7 Å². The number of halogens is 1. The maximum Gasteiger partial charge on any atom is 0.257 e. The maximum atomic E-state index is 12.5. The van der Waals surface area contributed by atoms with E-state index in [9.17, 15) is 4.79 Å². The number of amides is 1. The molecule has 1 fully saturated rings. The molecule has 2 rings (SSSR count). The molecule has 0 spiro atoms. The zero-order valence-corrected chi connectivity index (χ0v) is 12.1. The van der Waals surface area contributed by atoms with Gasteiger partial charge in [0.15, 0.2) is 0 Å². The van der Waals surface area contributed by atoms with Gasteiger partial charge in [-0.15, -0.1) is 0 Å². The summed E-state index contributed by atoms with van der Waals surface area (Å²) < 4.78 is 0.780. The molecule has 0 aromatic carbocycles. The second-order valence-electron chi connectivity index (χ2n) is 4.78. The predicted octanol–water partition coefficient (Wildman–Crippen LogP) is 2.83. The highest BCUT2D eigenvalue weighted by Crippen LogP contribution is 2.22. The minimum Gasteiger partial charge on any atom is -0.383 e. The quantitative estimate of drug-likeness (QED) is 0.867. The average molecular weight is 312 g/mol. The van der Waals surface area contributed by atoms with Gasteiger partial charge in [0, 0.05) is 23.3 Å². The topological polar surface area (TPSA) is 59.2 Å². The fourth-order valence-corrected chi connectivity index (χ4v) is 2.68. The van der Waals surface area contributed by atoms with Crippen LogP contribution in [0.4, 0.5) is 5.82 Å². The molecule has 1 aromatic heterocycles. The zero-order valence-electron chi connectivity index (χ0n) is 10.5. The molecule has 1 aliphatic heterocycles. The number of carbonyl (C=O) groups is 1. The lowest BCUT2D eigenvalue weighted by molar-refractivity contribution is 0.0698. The fourth-order valence-electron chi connectivity index (χ4n) is 2.35. The molecule has 2 N–H and O–H groups in total. The molecule has 1 unspecified atom stereocenters. The van der Waals surface area contributed by atoms with Gasteiger partial charge >= 0.3 is 0 Å². The molecule has 0 radical (unpaired) electrons. The van der Waals surface area contributed by atoms with Crippen molar-refractivity contribution in [3.05, 3.63) is 22.3 Å². The highest BCUT2D eigenvalue weighted by atomic mass is 79.9. The molecule has 2 heterocycles. The van der Waals surface area contributed by atoms with Crippen molar-refractivity contribution >= 4 is 27.7 Å². The number of nitrogen functional groups attached to an aromatic ring is 1. The van der Waals surface area contributed by atoms with E-state index in [-0.39, 0.29) is 11.9 Å². The monoisotopic (exact) mass is 311 g/mol. The van der Waals surface area contributed by atoms with E-state index < -0.39 is 0 Å². The standard InChI is InChI=1S/C13H18BrN3O/c1-9-5-3-2-4-6-17(9)13(18)11-7-10(14)8-16-12(11)15/h7-9H,2-6H2,1H3,(H2,15,16). The number of hydrogen-bond donors (Lipinski definition) is 1. The summed E-state index contributed by atoms with van der Waals surface area (Å²) in [7, 11) is 0. The molecule has 1 amide bonds. The van der Waals surface area contributed by atoms with Crippen LogP contribution in [0.5, 0.6) is 0 Å². The van der Waals surface area contributed by atoms with Gasteiger partial charge in [-0.2, -0.15) is 0 Å². The number of likely N-dealkylation sites (tertiary alicyclic amines) is 1. The van der Waals surface area contributed by atoms with Crippen LogP contribution in [-0.2, 0) is 0 Å². The molecule has 0 bridgehead atoms. The predicted molar refractivity (Wildman–Crippen MR) is 75.3 cm³/mol. The van der Waals surface area contributed by atoms with E-state index in [2.05, 4.69) is 27.8 Å². The molecule has 98 valence electrons. The molecule has 0 saturated carbocycles. The van der Waals surface area contributed by atoms with Gasteiger partial charge in [0.25, 0.3) is 5.91 Å². The Balaban J connectivity index is 2.26. The Morgan fingerprint density at radius 3 is 3.06 bits per heavy atom. The van der Waals surface area contributed by atoms with Gasteiger partial charge in [-0.05, 0) is 41.8 Å². The van der Waals surface area contributed by atoms with Crippen molar-refractivity contribution in [2.75, 3.05) is 12.3 Å². The van der Waals surface area contributed by atoms with Crippen LogP contribution in [0.2, 0.25) is 0 Å². The van der Waals surface area contributed by atoms with Crippen LogP contribution in [0.25, 0.3) is 0 Å². The lowest BCUT2D eigenvalue weighted by atomic mass is 10.1. The molecule has 1 aliphatic rings. The molecule has 18 heavy (non-hydrogen) atoms. The van der Waals surface area contributed by atoms with Gasteiger partial charge in [-0.25, -0.2) is 4.98 Å². The largest absolute Gasteiger partial charge is 0.383 e. The Bertz CT molecular complexity index is 450. The summed E-state index contributed by atoms with van der Waals surface area (Å²) in [4.78, 5) is 18.5. The van der Waals surface area contributed by atoms with Gasteiger partial charge in [-0.1, -0.05) is 12.8 Å². The summed E-state index contributed by atoms with van der Waals surface area (Å²) in [6.07, 6.45) is 6.12. The summed E-state index contributed by atoms with van der Waals surface area (Å²) >= 11 is 3.33. The Morgan fingerprint density at radius 2 is 2.28 bits per heavy atom. The van der Waals surface area contributed by atoms with Crippen molar-refractivity contribution < 1.29 is 4.79 Å². The molecule has 4 nitrogen and oxygen atoms in total. The highest BCUT2D eigenvalue weighted by molar-refractivity contribution is 9.10. The first-order valence-corrected chi connectivity index (χ1v) is 7.11. The number of hydrogen-bond acceptors (Lipinski definition) is 3. The summed E-state index contributed by atoms with van der Waals surface area (Å²) in [6, 6.07) is 2.03. The fraction of sp³-hybridized carbons (Fsp3) is 0.538. The molecule has 0 aliphatic carbocycles. The third kappa shape index (κ3) is 2.83. The SMILES string of the molecule is CC1CCCCCN1C(=O)c1cc(Br)cnc1N. The summed E-state index contributed by atoms with van der Waals surface area (Å²) in [6.45, 7) is 2.91. The van der Waals surface area contributed by atoms with E-state index in [0.29, 0.717) is 11.4 Å². The van der Waals surface area contributed by atoms with Crippen molar-refractivity contribution in [3.8, 4) is 0 Å². The summed E-state index contributed by atoms with van der Waals surface area (Å²) in [5, 5.41) is 0. The molecule has 1 aromatic rings. The third-order valence-corrected chi connectivity index (χ3v) is 3.86. The van der Waals surface area contributed by atoms with Crippen LogP contribution in [0.3, 0.4) is 0 Å². The summed E-state index contributed by atoms with van der Waals surface area (Å²) in [5.74, 6) is 0.301. The van der Waals surface area contributed by atoms with Crippen molar-refractivity contribution in [2.45, 2.75) is 38.6 Å². The lowest BCUT2D eigenvalue weighted by Crippen LogP contribution is -2.38. The van der Waals surface area contributed by atoms with Crippen molar-refractivity contribution in [1.29, 1.82) is 0 Å². The molecular formula is C13H18BrN3O. The number of nitrogens with zero attached hydrogens (tertiary/aromatic N) is 2. The number of nitrogens with two attached hydrogens (primary N) is 1. The Labute approximate surface area is 116 Å². The van der Waals surface area contributed by atoms with E-state index in [0.717, 1.165) is 23.9 Å². The number of rotatable bonds is 1. The summed E-state index contributed by atoms with van der Waals surface area (Å²) in [5.41, 5.74) is 6.30. The Morgan fingerprint density at radius 1 is 1.50 bits per heavy atom. The average Bonchev–Trinajstić information content (AvgIpc) is 2.56. The van der Waals surface area contributed by atoms with Gasteiger partial charge in [-0.3, -0.25) is 4.79 Å². The van der Waals surface area contributed by atoms with Gasteiger partial charge in [0.2, 0.25) is 0 Å². The maximum absolute atomic E-state index is 12.5. The molecular weight excluding hydrogens is 294 g/mol. The smallest absolute Gasteiger partial charge is 0.257 e.